The topological polar surface area (TPSA) is 54.3 Å². The molecule has 1 rings (SSSR count). The van der Waals surface area contributed by atoms with Crippen molar-refractivity contribution in [1.29, 1.82) is 5.26 Å². The van der Waals surface area contributed by atoms with Crippen LogP contribution in [-0.4, -0.2) is 39.0 Å². The molecule has 0 saturated carbocycles. The summed E-state index contributed by atoms with van der Waals surface area (Å²) in [6.07, 6.45) is 0.771. The van der Waals surface area contributed by atoms with Crippen LogP contribution in [0.2, 0.25) is 0 Å². The van der Waals surface area contributed by atoms with E-state index in [0.717, 1.165) is 6.42 Å². The molecule has 0 aromatic rings. The van der Waals surface area contributed by atoms with E-state index in [-0.39, 0.29) is 0 Å². The van der Waals surface area contributed by atoms with Crippen molar-refractivity contribution in [1.82, 2.24) is 5.32 Å². The highest BCUT2D eigenvalue weighted by molar-refractivity contribution is 5.09. The lowest BCUT2D eigenvalue weighted by atomic mass is 10.0. The van der Waals surface area contributed by atoms with E-state index in [9.17, 15) is 0 Å². The predicted molar refractivity (Wildman–Crippen MR) is 43.7 cm³/mol. The SMILES string of the molecule is COCCNC1(C#N)CCOC1. The number of nitriles is 1. The van der Waals surface area contributed by atoms with Gasteiger partial charge in [0.1, 0.15) is 5.54 Å². The molecule has 0 aromatic heterocycles. The summed E-state index contributed by atoms with van der Waals surface area (Å²) < 4.78 is 10.0. The van der Waals surface area contributed by atoms with Gasteiger partial charge in [0.25, 0.3) is 0 Å². The summed E-state index contributed by atoms with van der Waals surface area (Å²) >= 11 is 0. The van der Waals surface area contributed by atoms with Crippen molar-refractivity contribution in [3.05, 3.63) is 0 Å². The maximum atomic E-state index is 8.88. The smallest absolute Gasteiger partial charge is 0.132 e. The molecule has 0 radical (unpaired) electrons. The Morgan fingerprint density at radius 2 is 2.58 bits per heavy atom. The Morgan fingerprint density at radius 3 is 3.08 bits per heavy atom. The number of rotatable bonds is 4. The molecule has 1 N–H and O–H groups in total. The van der Waals surface area contributed by atoms with Gasteiger partial charge in [-0.25, -0.2) is 0 Å². The molecule has 4 nitrogen and oxygen atoms in total. The zero-order valence-corrected chi connectivity index (χ0v) is 7.30. The first-order valence-corrected chi connectivity index (χ1v) is 4.06. The van der Waals surface area contributed by atoms with Crippen molar-refractivity contribution in [2.75, 3.05) is 33.5 Å². The summed E-state index contributed by atoms with van der Waals surface area (Å²) in [5.41, 5.74) is -0.460. The molecule has 1 fully saturated rings. The quantitative estimate of drug-likeness (QED) is 0.599. The van der Waals surface area contributed by atoms with Crippen LogP contribution in [0.3, 0.4) is 0 Å². The molecule has 0 spiro atoms. The van der Waals surface area contributed by atoms with Crippen molar-refractivity contribution in [3.63, 3.8) is 0 Å². The van der Waals surface area contributed by atoms with Gasteiger partial charge in [-0.15, -0.1) is 0 Å². The molecule has 1 aliphatic rings. The highest BCUT2D eigenvalue weighted by Crippen LogP contribution is 2.16. The van der Waals surface area contributed by atoms with Gasteiger partial charge >= 0.3 is 0 Å². The molecule has 1 aliphatic heterocycles. The van der Waals surface area contributed by atoms with Crippen LogP contribution in [0.1, 0.15) is 6.42 Å². The second-order valence-corrected chi connectivity index (χ2v) is 2.92. The normalized spacial score (nSPS) is 28.7. The van der Waals surface area contributed by atoms with Gasteiger partial charge in [0.15, 0.2) is 0 Å². The Hall–Kier alpha value is -0.630. The summed E-state index contributed by atoms with van der Waals surface area (Å²) in [7, 11) is 1.64. The summed E-state index contributed by atoms with van der Waals surface area (Å²) in [6, 6.07) is 2.24. The Kier molecular flexibility index (Phi) is 3.48. The number of nitrogens with one attached hydrogen (secondary N) is 1. The van der Waals surface area contributed by atoms with Crippen LogP contribution in [0.15, 0.2) is 0 Å². The molecule has 12 heavy (non-hydrogen) atoms. The van der Waals surface area contributed by atoms with Gasteiger partial charge in [0.05, 0.1) is 19.3 Å². The van der Waals surface area contributed by atoms with E-state index in [2.05, 4.69) is 11.4 Å². The Balaban J connectivity index is 2.30. The average molecular weight is 170 g/mol. The van der Waals surface area contributed by atoms with E-state index in [1.54, 1.807) is 7.11 Å². The number of hydrogen-bond acceptors (Lipinski definition) is 4. The minimum absolute atomic E-state index is 0.460. The molecule has 1 saturated heterocycles. The van der Waals surface area contributed by atoms with Crippen LogP contribution >= 0.6 is 0 Å². The summed E-state index contributed by atoms with van der Waals surface area (Å²) in [6.45, 7) is 2.50. The van der Waals surface area contributed by atoms with Gasteiger partial charge in [0.2, 0.25) is 0 Å². The third-order valence-electron chi connectivity index (χ3n) is 2.01. The number of hydrogen-bond donors (Lipinski definition) is 1. The molecule has 0 aromatic carbocycles. The highest BCUT2D eigenvalue weighted by atomic mass is 16.5. The molecule has 0 bridgehead atoms. The van der Waals surface area contributed by atoms with Crippen molar-refractivity contribution < 1.29 is 9.47 Å². The van der Waals surface area contributed by atoms with Gasteiger partial charge in [-0.1, -0.05) is 0 Å². The molecule has 4 heteroatoms. The minimum Gasteiger partial charge on any atom is -0.383 e. The number of methoxy groups -OCH3 is 1. The van der Waals surface area contributed by atoms with Crippen LogP contribution in [0.5, 0.6) is 0 Å². The van der Waals surface area contributed by atoms with Gasteiger partial charge in [-0.3, -0.25) is 5.32 Å². The lowest BCUT2D eigenvalue weighted by molar-refractivity contribution is 0.167. The van der Waals surface area contributed by atoms with Crippen molar-refractivity contribution in [2.45, 2.75) is 12.0 Å². The maximum Gasteiger partial charge on any atom is 0.132 e. The van der Waals surface area contributed by atoms with Crippen LogP contribution in [0, 0.1) is 11.3 Å². The third kappa shape index (κ3) is 2.18. The summed E-state index contributed by atoms with van der Waals surface area (Å²) in [5.74, 6) is 0. The molecule has 68 valence electrons. The molecule has 1 heterocycles. The first-order chi connectivity index (χ1) is 5.83. The fourth-order valence-corrected chi connectivity index (χ4v) is 1.22. The standard InChI is InChI=1S/C8H14N2O2/c1-11-5-3-10-8(6-9)2-4-12-7-8/h10H,2-5,7H2,1H3. The van der Waals surface area contributed by atoms with Crippen LogP contribution in [-0.2, 0) is 9.47 Å². The van der Waals surface area contributed by atoms with Gasteiger partial charge in [-0.05, 0) is 0 Å². The van der Waals surface area contributed by atoms with Gasteiger partial charge in [-0.2, -0.15) is 5.26 Å². The highest BCUT2D eigenvalue weighted by Gasteiger charge is 2.34. The zero-order valence-electron chi connectivity index (χ0n) is 7.30. The molecule has 0 aliphatic carbocycles. The van der Waals surface area contributed by atoms with Gasteiger partial charge in [0, 0.05) is 26.7 Å². The van der Waals surface area contributed by atoms with E-state index in [1.807, 2.05) is 0 Å². The van der Waals surface area contributed by atoms with Crippen LogP contribution in [0.4, 0.5) is 0 Å². The molecular weight excluding hydrogens is 156 g/mol. The van der Waals surface area contributed by atoms with E-state index < -0.39 is 5.54 Å². The Labute approximate surface area is 72.5 Å². The second kappa shape index (κ2) is 4.41. The monoisotopic (exact) mass is 170 g/mol. The third-order valence-corrected chi connectivity index (χ3v) is 2.01. The fraction of sp³-hybridized carbons (Fsp3) is 0.875. The van der Waals surface area contributed by atoms with Crippen molar-refractivity contribution in [3.8, 4) is 6.07 Å². The predicted octanol–water partition coefficient (Wildman–Crippen LogP) is -0.0949. The molecule has 0 amide bonds. The average Bonchev–Trinajstić information content (AvgIpc) is 2.55. The minimum atomic E-state index is -0.460. The first kappa shape index (κ1) is 9.46. The van der Waals surface area contributed by atoms with Crippen molar-refractivity contribution >= 4 is 0 Å². The van der Waals surface area contributed by atoms with E-state index in [0.29, 0.717) is 26.4 Å². The number of nitrogens with zero attached hydrogens (tertiary/aromatic N) is 1. The first-order valence-electron chi connectivity index (χ1n) is 4.06. The van der Waals surface area contributed by atoms with E-state index in [1.165, 1.54) is 0 Å². The van der Waals surface area contributed by atoms with Crippen LogP contribution < -0.4 is 5.32 Å². The van der Waals surface area contributed by atoms with Crippen LogP contribution in [0.25, 0.3) is 0 Å². The number of ether oxygens (including phenoxy) is 2. The fourth-order valence-electron chi connectivity index (χ4n) is 1.22. The molecular formula is C8H14N2O2. The van der Waals surface area contributed by atoms with Gasteiger partial charge < -0.3 is 9.47 Å². The molecule has 1 unspecified atom stereocenters. The summed E-state index contributed by atoms with van der Waals surface area (Å²) in [4.78, 5) is 0. The largest absolute Gasteiger partial charge is 0.383 e. The lowest BCUT2D eigenvalue weighted by Gasteiger charge is -2.19. The van der Waals surface area contributed by atoms with E-state index >= 15 is 0 Å². The Bertz CT molecular complexity index is 170. The second-order valence-electron chi connectivity index (χ2n) is 2.92. The zero-order chi connectivity index (χ0) is 8.86. The maximum absolute atomic E-state index is 8.88. The molecule has 1 atom stereocenters. The summed E-state index contributed by atoms with van der Waals surface area (Å²) in [5, 5.41) is 12.0. The lowest BCUT2D eigenvalue weighted by Crippen LogP contribution is -2.45. The Morgan fingerprint density at radius 1 is 1.75 bits per heavy atom. The van der Waals surface area contributed by atoms with Crippen molar-refractivity contribution in [2.24, 2.45) is 0 Å². The van der Waals surface area contributed by atoms with E-state index in [4.69, 9.17) is 14.7 Å².